The molecule has 0 radical (unpaired) electrons. The molecule has 1 aromatic carbocycles. The number of ether oxygens (including phenoxy) is 1. The average molecular weight is 334 g/mol. The van der Waals surface area contributed by atoms with Crippen molar-refractivity contribution in [2.24, 2.45) is 0 Å². The molecule has 1 aliphatic heterocycles. The van der Waals surface area contributed by atoms with Gasteiger partial charge in [-0.05, 0) is 44.4 Å². The van der Waals surface area contributed by atoms with E-state index in [0.717, 1.165) is 6.42 Å². The van der Waals surface area contributed by atoms with E-state index in [4.69, 9.17) is 4.74 Å². The van der Waals surface area contributed by atoms with Gasteiger partial charge in [0.15, 0.2) is 0 Å². The number of anilines is 1. The highest BCUT2D eigenvalue weighted by Crippen LogP contribution is 2.17. The summed E-state index contributed by atoms with van der Waals surface area (Å²) in [6.45, 7) is 3.72. The van der Waals surface area contributed by atoms with Crippen molar-refractivity contribution in [3.8, 4) is 0 Å². The third kappa shape index (κ3) is 4.11. The monoisotopic (exact) mass is 334 g/mol. The fraction of sp³-hybridized carbons (Fsp3) is 0.471. The highest BCUT2D eigenvalue weighted by atomic mass is 16.5. The van der Waals surface area contributed by atoms with Crippen LogP contribution in [0.5, 0.6) is 0 Å². The molecule has 7 nitrogen and oxygen atoms in total. The van der Waals surface area contributed by atoms with E-state index in [-0.39, 0.29) is 17.9 Å². The summed E-state index contributed by atoms with van der Waals surface area (Å²) in [5, 5.41) is 14.5. The highest BCUT2D eigenvalue weighted by Gasteiger charge is 2.33. The number of carboxylic acids is 1. The van der Waals surface area contributed by atoms with E-state index in [1.165, 1.54) is 13.0 Å². The second kappa shape index (κ2) is 7.44. The Bertz CT molecular complexity index is 640. The summed E-state index contributed by atoms with van der Waals surface area (Å²) in [6.07, 6.45) is 1.33. The van der Waals surface area contributed by atoms with Crippen LogP contribution in [0.3, 0.4) is 0 Å². The van der Waals surface area contributed by atoms with Crippen LogP contribution in [0, 0.1) is 0 Å². The molecular weight excluding hydrogens is 312 g/mol. The van der Waals surface area contributed by atoms with Crippen molar-refractivity contribution >= 4 is 23.5 Å². The molecular formula is C17H22N2O5. The fourth-order valence-electron chi connectivity index (χ4n) is 2.36. The molecule has 0 aromatic heterocycles. The van der Waals surface area contributed by atoms with Crippen molar-refractivity contribution in [2.45, 2.75) is 44.8 Å². The number of rotatable bonds is 6. The van der Waals surface area contributed by atoms with Crippen molar-refractivity contribution in [3.63, 3.8) is 0 Å². The maximum Gasteiger partial charge on any atom is 0.329 e. The highest BCUT2D eigenvalue weighted by molar-refractivity contribution is 6.00. The van der Waals surface area contributed by atoms with Gasteiger partial charge in [0, 0.05) is 17.9 Å². The summed E-state index contributed by atoms with van der Waals surface area (Å²) in [6, 6.07) is 6.37. The lowest BCUT2D eigenvalue weighted by molar-refractivity contribution is -0.143. The predicted molar refractivity (Wildman–Crippen MR) is 87.8 cm³/mol. The van der Waals surface area contributed by atoms with Gasteiger partial charge in [-0.3, -0.25) is 9.59 Å². The molecule has 0 aliphatic carbocycles. The minimum atomic E-state index is -1.34. The number of aliphatic carboxylic acids is 1. The Balaban J connectivity index is 2.07. The molecule has 1 saturated heterocycles. The molecule has 0 saturated carbocycles. The second-order valence-corrected chi connectivity index (χ2v) is 6.02. The van der Waals surface area contributed by atoms with Crippen molar-refractivity contribution in [1.82, 2.24) is 5.32 Å². The normalized spacial score (nSPS) is 19.3. The SMILES string of the molecule is CCC(C)(NC(=O)c1cccc(NC(=O)C2CCCO2)c1)C(=O)O. The lowest BCUT2D eigenvalue weighted by Gasteiger charge is -2.24. The first-order valence-corrected chi connectivity index (χ1v) is 7.94. The Hall–Kier alpha value is -2.41. The van der Waals surface area contributed by atoms with Crippen LogP contribution in [-0.4, -0.2) is 41.1 Å². The summed E-state index contributed by atoms with van der Waals surface area (Å²) in [5.41, 5.74) is -0.591. The Morgan fingerprint density at radius 1 is 1.38 bits per heavy atom. The molecule has 24 heavy (non-hydrogen) atoms. The molecule has 1 fully saturated rings. The number of nitrogens with one attached hydrogen (secondary N) is 2. The van der Waals surface area contributed by atoms with Crippen LogP contribution in [0.25, 0.3) is 0 Å². The third-order valence-electron chi connectivity index (χ3n) is 4.18. The van der Waals surface area contributed by atoms with Gasteiger partial charge in [-0.1, -0.05) is 13.0 Å². The van der Waals surface area contributed by atoms with E-state index in [9.17, 15) is 19.5 Å². The van der Waals surface area contributed by atoms with Gasteiger partial charge in [0.05, 0.1) is 0 Å². The van der Waals surface area contributed by atoms with E-state index in [1.54, 1.807) is 25.1 Å². The van der Waals surface area contributed by atoms with Crippen LogP contribution in [0.2, 0.25) is 0 Å². The lowest BCUT2D eigenvalue weighted by atomic mass is 9.98. The zero-order valence-electron chi connectivity index (χ0n) is 13.8. The minimum absolute atomic E-state index is 0.242. The number of carbonyl (C=O) groups is 3. The van der Waals surface area contributed by atoms with Gasteiger partial charge in [0.2, 0.25) is 0 Å². The van der Waals surface area contributed by atoms with Crippen LogP contribution in [0.4, 0.5) is 5.69 Å². The average Bonchev–Trinajstić information content (AvgIpc) is 3.09. The summed E-state index contributed by atoms with van der Waals surface area (Å²) >= 11 is 0. The molecule has 130 valence electrons. The molecule has 2 atom stereocenters. The van der Waals surface area contributed by atoms with Gasteiger partial charge in [-0.25, -0.2) is 4.79 Å². The molecule has 0 spiro atoms. The van der Waals surface area contributed by atoms with Gasteiger partial charge in [0.25, 0.3) is 11.8 Å². The van der Waals surface area contributed by atoms with Crippen LogP contribution >= 0.6 is 0 Å². The van der Waals surface area contributed by atoms with Crippen molar-refractivity contribution in [2.75, 3.05) is 11.9 Å². The first-order valence-electron chi connectivity index (χ1n) is 7.94. The fourth-order valence-corrected chi connectivity index (χ4v) is 2.36. The Kier molecular flexibility index (Phi) is 5.56. The van der Waals surface area contributed by atoms with Gasteiger partial charge in [0.1, 0.15) is 11.6 Å². The Morgan fingerprint density at radius 3 is 2.71 bits per heavy atom. The summed E-state index contributed by atoms with van der Waals surface area (Å²) < 4.78 is 5.31. The zero-order chi connectivity index (χ0) is 17.7. The van der Waals surface area contributed by atoms with Crippen LogP contribution < -0.4 is 10.6 Å². The molecule has 1 aromatic rings. The lowest BCUT2D eigenvalue weighted by Crippen LogP contribution is -2.51. The Labute approximate surface area is 140 Å². The van der Waals surface area contributed by atoms with E-state index < -0.39 is 23.5 Å². The minimum Gasteiger partial charge on any atom is -0.480 e. The number of amides is 2. The van der Waals surface area contributed by atoms with Crippen molar-refractivity contribution < 1.29 is 24.2 Å². The van der Waals surface area contributed by atoms with Gasteiger partial charge < -0.3 is 20.5 Å². The predicted octanol–water partition coefficient (Wildman–Crippen LogP) is 1.79. The van der Waals surface area contributed by atoms with Crippen LogP contribution in [0.15, 0.2) is 24.3 Å². The van der Waals surface area contributed by atoms with E-state index >= 15 is 0 Å². The quantitative estimate of drug-likeness (QED) is 0.735. The zero-order valence-corrected chi connectivity index (χ0v) is 13.8. The number of carbonyl (C=O) groups excluding carboxylic acids is 2. The summed E-state index contributed by atoms with van der Waals surface area (Å²) in [7, 11) is 0. The molecule has 0 bridgehead atoms. The number of hydrogen-bond acceptors (Lipinski definition) is 4. The van der Waals surface area contributed by atoms with E-state index in [1.807, 2.05) is 0 Å². The molecule has 2 unspecified atom stereocenters. The van der Waals surface area contributed by atoms with Crippen molar-refractivity contribution in [1.29, 1.82) is 0 Å². The smallest absolute Gasteiger partial charge is 0.329 e. The van der Waals surface area contributed by atoms with Crippen LogP contribution in [-0.2, 0) is 14.3 Å². The Morgan fingerprint density at radius 2 is 2.12 bits per heavy atom. The molecule has 1 heterocycles. The second-order valence-electron chi connectivity index (χ2n) is 6.02. The topological polar surface area (TPSA) is 105 Å². The molecule has 2 rings (SSSR count). The largest absolute Gasteiger partial charge is 0.480 e. The van der Waals surface area contributed by atoms with E-state index in [2.05, 4.69) is 10.6 Å². The summed E-state index contributed by atoms with van der Waals surface area (Å²) in [5.74, 6) is -1.84. The van der Waals surface area contributed by atoms with E-state index in [0.29, 0.717) is 18.7 Å². The molecule has 1 aliphatic rings. The standard InChI is InChI=1S/C17H22N2O5/c1-3-17(2,16(22)23)19-14(20)11-6-4-7-12(10-11)18-15(21)13-8-5-9-24-13/h4,6-7,10,13H,3,5,8-9H2,1-2H3,(H,18,21)(H,19,20)(H,22,23). The van der Waals surface area contributed by atoms with Gasteiger partial charge in [-0.2, -0.15) is 0 Å². The third-order valence-corrected chi connectivity index (χ3v) is 4.18. The van der Waals surface area contributed by atoms with Crippen LogP contribution in [0.1, 0.15) is 43.5 Å². The van der Waals surface area contributed by atoms with Gasteiger partial charge >= 0.3 is 5.97 Å². The number of carboxylic acid groups (broad SMARTS) is 1. The molecule has 3 N–H and O–H groups in total. The molecule has 7 heteroatoms. The maximum absolute atomic E-state index is 12.3. The van der Waals surface area contributed by atoms with Crippen molar-refractivity contribution in [3.05, 3.63) is 29.8 Å². The first-order chi connectivity index (χ1) is 11.4. The maximum atomic E-state index is 12.3. The van der Waals surface area contributed by atoms with Gasteiger partial charge in [-0.15, -0.1) is 0 Å². The number of benzene rings is 1. The summed E-state index contributed by atoms with van der Waals surface area (Å²) in [4.78, 5) is 35.6. The molecule has 2 amide bonds. The first kappa shape index (κ1) is 17.9. The number of hydrogen-bond donors (Lipinski definition) is 3.